The van der Waals surface area contributed by atoms with Crippen LogP contribution in [0.2, 0.25) is 0 Å². The van der Waals surface area contributed by atoms with Crippen LogP contribution in [0.3, 0.4) is 0 Å². The molecule has 0 N–H and O–H groups in total. The van der Waals surface area contributed by atoms with Gasteiger partial charge in [-0.05, 0) is 73.7 Å². The molecule has 11 heteroatoms. The number of carbonyl (C=O) groups excluding carboxylic acids is 5. The Kier molecular flexibility index (Phi) is 7.92. The Morgan fingerprint density at radius 3 is 2.12 bits per heavy atom. The minimum absolute atomic E-state index is 0.0274. The normalized spacial score (nSPS) is 19.6. The van der Waals surface area contributed by atoms with Crippen molar-refractivity contribution < 1.29 is 33.6 Å². The molecule has 0 bridgehead atoms. The van der Waals surface area contributed by atoms with Crippen molar-refractivity contribution in [3.63, 3.8) is 0 Å². The predicted octanol–water partition coefficient (Wildman–Crippen LogP) is 4.48. The number of Topliss-reactive ketones (excluding diaryl/α,β-unsaturated/α-hetero) is 1. The van der Waals surface area contributed by atoms with Crippen molar-refractivity contribution in [1.29, 1.82) is 0 Å². The summed E-state index contributed by atoms with van der Waals surface area (Å²) in [5, 5.41) is 12.7. The number of rotatable bonds is 8. The van der Waals surface area contributed by atoms with Crippen molar-refractivity contribution in [2.75, 3.05) is 6.54 Å². The van der Waals surface area contributed by atoms with Crippen molar-refractivity contribution in [2.45, 2.75) is 26.2 Å². The highest BCUT2D eigenvalue weighted by Gasteiger charge is 2.52. The van der Waals surface area contributed by atoms with E-state index >= 15 is 0 Å². The fraction of sp³-hybridized carbons (Fsp3) is 0.258. The third kappa shape index (κ3) is 5.67. The molecule has 11 nitrogen and oxygen atoms in total. The minimum atomic E-state index is -0.819. The van der Waals surface area contributed by atoms with Crippen LogP contribution in [-0.2, 0) is 9.59 Å². The number of benzene rings is 3. The van der Waals surface area contributed by atoms with Gasteiger partial charge in [-0.1, -0.05) is 25.1 Å². The summed E-state index contributed by atoms with van der Waals surface area (Å²) in [5.41, 5.74) is 0.241. The molecule has 0 unspecified atom stereocenters. The number of fused-ring (bicyclic) bond motifs is 1. The number of amides is 3. The Hall–Kier alpha value is -5.19. The number of hydrogen-bond donors (Lipinski definition) is 0. The van der Waals surface area contributed by atoms with E-state index in [0.717, 1.165) is 28.6 Å². The second kappa shape index (κ2) is 11.7. The average molecular weight is 570 g/mol. The summed E-state index contributed by atoms with van der Waals surface area (Å²) in [6.45, 7) is 1.37. The molecule has 0 aromatic heterocycles. The molecule has 2 aliphatic rings. The van der Waals surface area contributed by atoms with Gasteiger partial charge in [0.1, 0.15) is 12.3 Å². The number of hydrazine groups is 1. The molecule has 0 radical (unpaired) electrons. The number of imide groups is 1. The molecule has 3 amide bonds. The Morgan fingerprint density at radius 2 is 1.48 bits per heavy atom. The van der Waals surface area contributed by atoms with Gasteiger partial charge in [-0.15, -0.1) is 0 Å². The van der Waals surface area contributed by atoms with E-state index in [4.69, 9.17) is 4.74 Å². The van der Waals surface area contributed by atoms with E-state index in [1.54, 1.807) is 30.3 Å². The highest BCUT2D eigenvalue weighted by atomic mass is 16.6. The van der Waals surface area contributed by atoms with Crippen molar-refractivity contribution in [2.24, 2.45) is 17.8 Å². The first-order valence-corrected chi connectivity index (χ1v) is 13.5. The van der Waals surface area contributed by atoms with Crippen LogP contribution < -0.4 is 4.74 Å². The first-order chi connectivity index (χ1) is 20.1. The molecule has 2 fully saturated rings. The SMILES string of the molecule is C[C@@H]1CC[C@H]2C(=O)N(N(CC(=O)c3ccc(OC(=O)c4ccccc4)cc3)C(=O)c3ccc([N+](=O)[O-])cc3)C(=O)[C@@H]2C1. The summed E-state index contributed by atoms with van der Waals surface area (Å²) in [5.74, 6) is -3.77. The van der Waals surface area contributed by atoms with Gasteiger partial charge >= 0.3 is 5.97 Å². The third-order valence-electron chi connectivity index (χ3n) is 7.66. The van der Waals surface area contributed by atoms with Crippen LogP contribution in [0.25, 0.3) is 0 Å². The summed E-state index contributed by atoms with van der Waals surface area (Å²) in [6.07, 6.45) is 1.77. The number of nitro benzene ring substituents is 1. The summed E-state index contributed by atoms with van der Waals surface area (Å²) in [4.78, 5) is 76.7. The maximum absolute atomic E-state index is 13.7. The van der Waals surface area contributed by atoms with E-state index in [9.17, 15) is 34.1 Å². The van der Waals surface area contributed by atoms with E-state index in [2.05, 4.69) is 0 Å². The molecule has 0 spiro atoms. The van der Waals surface area contributed by atoms with Crippen LogP contribution in [0.5, 0.6) is 5.75 Å². The van der Waals surface area contributed by atoms with Crippen LogP contribution >= 0.6 is 0 Å². The molecule has 3 aromatic rings. The van der Waals surface area contributed by atoms with Crippen LogP contribution in [0, 0.1) is 27.9 Å². The fourth-order valence-corrected chi connectivity index (χ4v) is 5.39. The topological polar surface area (TPSA) is 144 Å². The summed E-state index contributed by atoms with van der Waals surface area (Å²) in [7, 11) is 0. The minimum Gasteiger partial charge on any atom is -0.423 e. The van der Waals surface area contributed by atoms with E-state index in [1.807, 2.05) is 6.92 Å². The number of hydrogen-bond acceptors (Lipinski definition) is 8. The Balaban J connectivity index is 1.39. The molecule has 42 heavy (non-hydrogen) atoms. The first kappa shape index (κ1) is 28.3. The van der Waals surface area contributed by atoms with Gasteiger partial charge in [0.15, 0.2) is 5.78 Å². The lowest BCUT2D eigenvalue weighted by atomic mass is 9.76. The highest BCUT2D eigenvalue weighted by molar-refractivity contribution is 6.09. The molecule has 214 valence electrons. The monoisotopic (exact) mass is 569 g/mol. The van der Waals surface area contributed by atoms with Gasteiger partial charge < -0.3 is 4.74 Å². The van der Waals surface area contributed by atoms with Gasteiger partial charge in [-0.25, -0.2) is 9.80 Å². The number of non-ortho nitro benzene ring substituents is 1. The van der Waals surface area contributed by atoms with Gasteiger partial charge in [0.25, 0.3) is 23.4 Å². The zero-order valence-electron chi connectivity index (χ0n) is 22.7. The predicted molar refractivity (Wildman–Crippen MR) is 148 cm³/mol. The largest absolute Gasteiger partial charge is 0.423 e. The van der Waals surface area contributed by atoms with Crippen LogP contribution in [0.4, 0.5) is 5.69 Å². The summed E-state index contributed by atoms with van der Waals surface area (Å²) in [6, 6.07) is 18.8. The lowest BCUT2D eigenvalue weighted by Gasteiger charge is -2.30. The first-order valence-electron chi connectivity index (χ1n) is 13.5. The van der Waals surface area contributed by atoms with Crippen molar-refractivity contribution in [3.8, 4) is 5.75 Å². The standard InChI is InChI=1S/C31H27N3O8/c1-19-7-16-25-26(17-19)30(38)33(29(25)37)32(28(36)21-8-12-23(13-9-21)34(40)41)18-27(35)20-10-14-24(15-11-20)42-31(39)22-5-3-2-4-6-22/h2-6,8-15,19,25-26H,7,16-18H2,1H3/t19-,25-,26-/m1/s1. The number of ketones is 1. The smallest absolute Gasteiger partial charge is 0.343 e. The molecule has 1 saturated heterocycles. The van der Waals surface area contributed by atoms with E-state index in [0.29, 0.717) is 18.4 Å². The number of ether oxygens (including phenoxy) is 1. The molecule has 3 atom stereocenters. The molecule has 1 aliphatic carbocycles. The van der Waals surface area contributed by atoms with Crippen molar-refractivity contribution in [3.05, 3.63) is 106 Å². The Morgan fingerprint density at radius 1 is 0.857 bits per heavy atom. The molecular formula is C31H27N3O8. The van der Waals surface area contributed by atoms with Crippen LogP contribution in [0.1, 0.15) is 57.3 Å². The van der Waals surface area contributed by atoms with Crippen LogP contribution in [-0.4, -0.2) is 51.0 Å². The van der Waals surface area contributed by atoms with Gasteiger partial charge in [0.05, 0.1) is 22.3 Å². The van der Waals surface area contributed by atoms with Gasteiger partial charge in [0.2, 0.25) is 0 Å². The molecule has 5 rings (SSSR count). The Labute approximate surface area is 240 Å². The van der Waals surface area contributed by atoms with Gasteiger partial charge in [0, 0.05) is 23.3 Å². The van der Waals surface area contributed by atoms with E-state index in [1.165, 1.54) is 36.4 Å². The average Bonchev–Trinajstić information content (AvgIpc) is 3.24. The Bertz CT molecular complexity index is 1550. The molecule has 1 saturated carbocycles. The molecular weight excluding hydrogens is 542 g/mol. The number of nitrogens with zero attached hydrogens (tertiary/aromatic N) is 3. The molecule has 1 heterocycles. The van der Waals surface area contributed by atoms with Crippen molar-refractivity contribution in [1.82, 2.24) is 10.0 Å². The second-order valence-corrected chi connectivity index (χ2v) is 10.5. The van der Waals surface area contributed by atoms with Crippen LogP contribution in [0.15, 0.2) is 78.9 Å². The van der Waals surface area contributed by atoms with Gasteiger partial charge in [-0.2, -0.15) is 5.01 Å². The molecule has 1 aliphatic heterocycles. The maximum Gasteiger partial charge on any atom is 0.343 e. The number of nitro groups is 1. The fourth-order valence-electron chi connectivity index (χ4n) is 5.39. The lowest BCUT2D eigenvalue weighted by Crippen LogP contribution is -2.52. The highest BCUT2D eigenvalue weighted by Crippen LogP contribution is 2.41. The zero-order valence-corrected chi connectivity index (χ0v) is 22.7. The van der Waals surface area contributed by atoms with E-state index in [-0.39, 0.29) is 28.5 Å². The maximum atomic E-state index is 13.7. The summed E-state index contributed by atoms with van der Waals surface area (Å²) < 4.78 is 5.35. The lowest BCUT2D eigenvalue weighted by molar-refractivity contribution is -0.384. The second-order valence-electron chi connectivity index (χ2n) is 10.5. The van der Waals surface area contributed by atoms with Crippen molar-refractivity contribution >= 4 is 35.2 Å². The van der Waals surface area contributed by atoms with Gasteiger partial charge in [-0.3, -0.25) is 29.3 Å². The zero-order chi connectivity index (χ0) is 30.0. The third-order valence-corrected chi connectivity index (χ3v) is 7.66. The molecule has 3 aromatic carbocycles. The summed E-state index contributed by atoms with van der Waals surface area (Å²) >= 11 is 0. The quantitative estimate of drug-likeness (QED) is 0.0965. The number of esters is 1. The number of carbonyl (C=O) groups is 5. The van der Waals surface area contributed by atoms with E-state index < -0.39 is 52.8 Å².